The van der Waals surface area contributed by atoms with Gasteiger partial charge in [0.05, 0.1) is 13.2 Å². The van der Waals surface area contributed by atoms with Gasteiger partial charge in [0.25, 0.3) is 0 Å². The molecule has 0 spiro atoms. The van der Waals surface area contributed by atoms with Gasteiger partial charge in [-0.15, -0.1) is 0 Å². The Morgan fingerprint density at radius 2 is 1.05 bits per heavy atom. The van der Waals surface area contributed by atoms with Crippen molar-refractivity contribution >= 4 is 17.8 Å². The van der Waals surface area contributed by atoms with E-state index >= 15 is 0 Å². The largest absolute Gasteiger partial charge is 0.464 e. The van der Waals surface area contributed by atoms with Crippen molar-refractivity contribution in [1.29, 1.82) is 0 Å². The molecule has 0 atom stereocenters. The molecule has 0 aliphatic heterocycles. The fourth-order valence-corrected chi connectivity index (χ4v) is 4.64. The molecule has 37 heavy (non-hydrogen) atoms. The van der Waals surface area contributed by atoms with E-state index in [0.717, 1.165) is 12.0 Å². The van der Waals surface area contributed by atoms with E-state index in [1.807, 2.05) is 12.1 Å². The van der Waals surface area contributed by atoms with Crippen LogP contribution in [0.25, 0.3) is 0 Å². The smallest absolute Gasteiger partial charge is 0.343 e. The molecule has 1 amide bonds. The monoisotopic (exact) mass is 517 g/mol. The van der Waals surface area contributed by atoms with Gasteiger partial charge in [0.1, 0.15) is 0 Å². The molecule has 6 nitrogen and oxygen atoms in total. The molecule has 6 heteroatoms. The summed E-state index contributed by atoms with van der Waals surface area (Å²) in [6, 6.07) is 8.29. The molecule has 0 bridgehead atoms. The number of hydrogen-bond acceptors (Lipinski definition) is 5. The first-order valence-electron chi connectivity index (χ1n) is 14.6. The van der Waals surface area contributed by atoms with Crippen LogP contribution in [0.5, 0.6) is 0 Å². The average Bonchev–Trinajstić information content (AvgIpc) is 2.88. The molecule has 0 aliphatic rings. The van der Waals surface area contributed by atoms with Crippen molar-refractivity contribution in [2.75, 3.05) is 13.2 Å². The van der Waals surface area contributed by atoms with Crippen LogP contribution in [0.3, 0.4) is 0 Å². The van der Waals surface area contributed by atoms with E-state index in [-0.39, 0.29) is 19.6 Å². The molecule has 210 valence electrons. The van der Waals surface area contributed by atoms with E-state index in [0.29, 0.717) is 6.42 Å². The van der Waals surface area contributed by atoms with E-state index in [1.165, 1.54) is 89.5 Å². The molecule has 1 N–H and O–H groups in total. The number of unbranched alkanes of at least 4 members (excludes halogenated alkanes) is 11. The van der Waals surface area contributed by atoms with E-state index < -0.39 is 23.4 Å². The molecular formula is C31H51NO5. The Hall–Kier alpha value is -2.37. The molecule has 0 aromatic heterocycles. The number of nitrogens with one attached hydrogen (secondary N) is 1. The molecule has 1 aromatic carbocycles. The normalized spacial score (nSPS) is 11.2. The summed E-state index contributed by atoms with van der Waals surface area (Å²) in [6.45, 7) is 7.08. The zero-order valence-electron chi connectivity index (χ0n) is 23.9. The Kier molecular flexibility index (Phi) is 17.4. The first kappa shape index (κ1) is 32.7. The number of rotatable bonds is 21. The van der Waals surface area contributed by atoms with Crippen LogP contribution in [0.4, 0.5) is 0 Å². The topological polar surface area (TPSA) is 81.7 Å². The summed E-state index contributed by atoms with van der Waals surface area (Å²) in [5, 5.41) is 2.52. The van der Waals surface area contributed by atoms with Gasteiger partial charge in [-0.3, -0.25) is 4.79 Å². The summed E-state index contributed by atoms with van der Waals surface area (Å²) >= 11 is 0. The Morgan fingerprint density at radius 1 is 0.649 bits per heavy atom. The Morgan fingerprint density at radius 3 is 1.46 bits per heavy atom. The van der Waals surface area contributed by atoms with Gasteiger partial charge in [-0.1, -0.05) is 102 Å². The first-order valence-corrected chi connectivity index (χ1v) is 14.6. The number of esters is 2. The van der Waals surface area contributed by atoms with Crippen molar-refractivity contribution in [2.45, 2.75) is 130 Å². The minimum atomic E-state index is -1.84. The minimum absolute atomic E-state index is 0.0718. The molecule has 0 saturated heterocycles. The van der Waals surface area contributed by atoms with Crippen LogP contribution in [-0.4, -0.2) is 36.6 Å². The van der Waals surface area contributed by atoms with E-state index in [1.54, 1.807) is 13.8 Å². The summed E-state index contributed by atoms with van der Waals surface area (Å²) < 4.78 is 10.3. The van der Waals surface area contributed by atoms with Crippen LogP contribution >= 0.6 is 0 Å². The zero-order valence-corrected chi connectivity index (χ0v) is 23.9. The lowest BCUT2D eigenvalue weighted by Gasteiger charge is -2.29. The number of benzene rings is 1. The Labute approximate surface area is 225 Å². The summed E-state index contributed by atoms with van der Waals surface area (Å²) in [4.78, 5) is 37.4. The SMILES string of the molecule is CCCCCCCCCCCCCCc1ccc(CCC(NC(C)=O)(C(=O)OCC)C(=O)OCC)cc1. The fraction of sp³-hybridized carbons (Fsp3) is 0.710. The lowest BCUT2D eigenvalue weighted by atomic mass is 9.90. The second kappa shape index (κ2) is 19.7. The molecule has 0 fully saturated rings. The molecule has 0 heterocycles. The molecule has 1 rings (SSSR count). The highest BCUT2D eigenvalue weighted by Crippen LogP contribution is 2.21. The lowest BCUT2D eigenvalue weighted by molar-refractivity contribution is -0.168. The van der Waals surface area contributed by atoms with E-state index in [2.05, 4.69) is 24.4 Å². The molecule has 0 saturated carbocycles. The van der Waals surface area contributed by atoms with Crippen LogP contribution in [0.2, 0.25) is 0 Å². The predicted octanol–water partition coefficient (Wildman–Crippen LogP) is 6.86. The van der Waals surface area contributed by atoms with Crippen LogP contribution < -0.4 is 5.32 Å². The van der Waals surface area contributed by atoms with Crippen molar-refractivity contribution in [3.63, 3.8) is 0 Å². The third kappa shape index (κ3) is 13.1. The lowest BCUT2D eigenvalue weighted by Crippen LogP contribution is -2.61. The number of aryl methyl sites for hydroxylation is 2. The maximum atomic E-state index is 12.7. The standard InChI is InChI=1S/C31H51NO5/c1-5-8-9-10-11-12-13-14-15-16-17-18-19-27-20-22-28(23-21-27)24-25-31(32-26(4)33,29(34)36-6-2)30(35)37-7-3/h20-23H,5-19,24-25H2,1-4H3,(H,32,33). The second-order valence-corrected chi connectivity index (χ2v) is 9.98. The maximum Gasteiger partial charge on any atom is 0.343 e. The van der Waals surface area contributed by atoms with Crippen molar-refractivity contribution in [1.82, 2.24) is 5.32 Å². The van der Waals surface area contributed by atoms with Gasteiger partial charge in [0.15, 0.2) is 0 Å². The zero-order chi connectivity index (χ0) is 27.4. The number of amides is 1. The van der Waals surface area contributed by atoms with Crippen molar-refractivity contribution in [2.24, 2.45) is 0 Å². The molecule has 0 radical (unpaired) electrons. The number of carbonyl (C=O) groups is 3. The highest BCUT2D eigenvalue weighted by atomic mass is 16.6. The maximum absolute atomic E-state index is 12.7. The second-order valence-electron chi connectivity index (χ2n) is 9.98. The molecule has 0 unspecified atom stereocenters. The Bertz CT molecular complexity index is 756. The van der Waals surface area contributed by atoms with Crippen molar-refractivity contribution in [3.05, 3.63) is 35.4 Å². The molecule has 1 aromatic rings. The fourth-order valence-electron chi connectivity index (χ4n) is 4.64. The summed E-state index contributed by atoms with van der Waals surface area (Å²) in [5.41, 5.74) is 0.437. The van der Waals surface area contributed by atoms with Crippen LogP contribution in [0.1, 0.15) is 122 Å². The number of carbonyl (C=O) groups excluding carboxylic acids is 3. The van der Waals surface area contributed by atoms with Gasteiger partial charge < -0.3 is 14.8 Å². The van der Waals surface area contributed by atoms with Gasteiger partial charge in [-0.05, 0) is 50.7 Å². The van der Waals surface area contributed by atoms with E-state index in [9.17, 15) is 14.4 Å². The highest BCUT2D eigenvalue weighted by Gasteiger charge is 2.49. The van der Waals surface area contributed by atoms with Crippen LogP contribution in [0.15, 0.2) is 24.3 Å². The average molecular weight is 518 g/mol. The van der Waals surface area contributed by atoms with Crippen LogP contribution in [-0.2, 0) is 36.7 Å². The number of ether oxygens (including phenoxy) is 2. The van der Waals surface area contributed by atoms with E-state index in [4.69, 9.17) is 9.47 Å². The van der Waals surface area contributed by atoms with Gasteiger partial charge in [0, 0.05) is 6.92 Å². The van der Waals surface area contributed by atoms with Crippen molar-refractivity contribution in [3.8, 4) is 0 Å². The number of hydrogen-bond donors (Lipinski definition) is 1. The molecular weight excluding hydrogens is 466 g/mol. The third-order valence-corrected chi connectivity index (χ3v) is 6.77. The van der Waals surface area contributed by atoms with Gasteiger partial charge in [0.2, 0.25) is 11.4 Å². The van der Waals surface area contributed by atoms with Crippen LogP contribution in [0, 0.1) is 0 Å². The minimum Gasteiger partial charge on any atom is -0.464 e. The van der Waals surface area contributed by atoms with Gasteiger partial charge in [-0.2, -0.15) is 0 Å². The Balaban J connectivity index is 2.46. The summed E-state index contributed by atoms with van der Waals surface area (Å²) in [6.07, 6.45) is 17.7. The van der Waals surface area contributed by atoms with Crippen molar-refractivity contribution < 1.29 is 23.9 Å². The van der Waals surface area contributed by atoms with Gasteiger partial charge >= 0.3 is 11.9 Å². The third-order valence-electron chi connectivity index (χ3n) is 6.77. The predicted molar refractivity (Wildman–Crippen MR) is 149 cm³/mol. The quantitative estimate of drug-likeness (QED) is 0.109. The first-order chi connectivity index (χ1) is 17.9. The highest BCUT2D eigenvalue weighted by molar-refractivity contribution is 6.07. The van der Waals surface area contributed by atoms with Gasteiger partial charge in [-0.25, -0.2) is 9.59 Å². The summed E-state index contributed by atoms with van der Waals surface area (Å²) in [7, 11) is 0. The molecule has 0 aliphatic carbocycles. The summed E-state index contributed by atoms with van der Waals surface area (Å²) in [5.74, 6) is -2.06.